The van der Waals surface area contributed by atoms with Crippen LogP contribution in [-0.4, -0.2) is 68.9 Å². The molecular weight excluding hydrogens is 469 g/mol. The first-order valence-electron chi connectivity index (χ1n) is 10.4. The molecule has 1 aliphatic rings. The van der Waals surface area contributed by atoms with E-state index in [0.29, 0.717) is 31.1 Å². The van der Waals surface area contributed by atoms with Crippen molar-refractivity contribution in [1.82, 2.24) is 9.62 Å². The molecule has 0 bridgehead atoms. The fraction of sp³-hybridized carbons (Fsp3) is 0.364. The maximum Gasteiger partial charge on any atom is 0.251 e. The molecule has 0 aromatic heterocycles. The molecule has 1 saturated heterocycles. The molecule has 1 aliphatic heterocycles. The highest BCUT2D eigenvalue weighted by Gasteiger charge is 2.27. The molecule has 0 spiro atoms. The van der Waals surface area contributed by atoms with Gasteiger partial charge in [-0.25, -0.2) is 12.8 Å². The maximum absolute atomic E-state index is 13.1. The predicted octanol–water partition coefficient (Wildman–Crippen LogP) is 2.34. The molecule has 1 fully saturated rings. The van der Waals surface area contributed by atoms with Crippen LogP contribution in [0.25, 0.3) is 0 Å². The Balaban J connectivity index is 1.74. The monoisotopic (exact) mass is 495 g/mol. The number of benzene rings is 2. The molecule has 2 amide bonds. The maximum atomic E-state index is 13.1. The minimum Gasteiger partial charge on any atom is -0.379 e. The Labute approximate surface area is 196 Å². The van der Waals surface area contributed by atoms with Crippen LogP contribution in [-0.2, 0) is 19.6 Å². The molecule has 0 radical (unpaired) electrons. The first-order valence-corrected chi connectivity index (χ1v) is 13.2. The van der Waals surface area contributed by atoms with E-state index < -0.39 is 33.7 Å². The molecule has 1 atom stereocenters. The van der Waals surface area contributed by atoms with Crippen molar-refractivity contribution in [3.05, 3.63) is 59.9 Å². The third-order valence-electron chi connectivity index (χ3n) is 5.05. The largest absolute Gasteiger partial charge is 0.379 e. The van der Waals surface area contributed by atoms with Crippen molar-refractivity contribution in [3.8, 4) is 0 Å². The van der Waals surface area contributed by atoms with Gasteiger partial charge in [0.25, 0.3) is 5.91 Å². The Bertz CT molecular complexity index is 1070. The predicted molar refractivity (Wildman–Crippen MR) is 125 cm³/mol. The zero-order valence-corrected chi connectivity index (χ0v) is 19.8. The van der Waals surface area contributed by atoms with Crippen LogP contribution in [0.1, 0.15) is 16.8 Å². The number of rotatable bonds is 9. The summed E-state index contributed by atoms with van der Waals surface area (Å²) < 4.78 is 45.5. The zero-order chi connectivity index (χ0) is 23.8. The SMILES string of the molecule is CSCC[C@@H](NC(=O)c1cccc(S(=O)(=O)N2CCOCC2)c1)C(=O)Nc1ccc(F)cc1. The Morgan fingerprint density at radius 3 is 2.52 bits per heavy atom. The van der Waals surface area contributed by atoms with Crippen LogP contribution in [0.15, 0.2) is 53.4 Å². The van der Waals surface area contributed by atoms with Crippen LogP contribution in [0.3, 0.4) is 0 Å². The minimum atomic E-state index is -3.76. The standard InChI is InChI=1S/C22H26FN3O5S2/c1-32-14-9-20(22(28)24-18-7-5-17(23)6-8-18)25-21(27)16-3-2-4-19(15-16)33(29,30)26-10-12-31-13-11-26/h2-8,15,20H,9-14H2,1H3,(H,24,28)(H,25,27)/t20-/m1/s1. The molecule has 178 valence electrons. The minimum absolute atomic E-state index is 0.00785. The van der Waals surface area contributed by atoms with Crippen LogP contribution in [0.4, 0.5) is 10.1 Å². The van der Waals surface area contributed by atoms with Gasteiger partial charge >= 0.3 is 0 Å². The van der Waals surface area contributed by atoms with Gasteiger partial charge in [0.2, 0.25) is 15.9 Å². The highest BCUT2D eigenvalue weighted by molar-refractivity contribution is 7.98. The summed E-state index contributed by atoms with van der Waals surface area (Å²) in [6.07, 6.45) is 2.25. The number of halogens is 1. The summed E-state index contributed by atoms with van der Waals surface area (Å²) in [7, 11) is -3.76. The second-order valence-corrected chi connectivity index (χ2v) is 10.3. The molecule has 2 aromatic carbocycles. The van der Waals surface area contributed by atoms with Crippen molar-refractivity contribution in [2.75, 3.05) is 43.6 Å². The number of morpholine rings is 1. The highest BCUT2D eigenvalue weighted by atomic mass is 32.2. The van der Waals surface area contributed by atoms with Crippen molar-refractivity contribution < 1.29 is 27.1 Å². The van der Waals surface area contributed by atoms with Crippen LogP contribution in [0.2, 0.25) is 0 Å². The molecule has 33 heavy (non-hydrogen) atoms. The molecule has 0 saturated carbocycles. The average molecular weight is 496 g/mol. The quantitative estimate of drug-likeness (QED) is 0.553. The summed E-state index contributed by atoms with van der Waals surface area (Å²) in [6, 6.07) is 10.2. The van der Waals surface area contributed by atoms with Crippen LogP contribution < -0.4 is 10.6 Å². The number of anilines is 1. The van der Waals surface area contributed by atoms with E-state index in [0.717, 1.165) is 0 Å². The van der Waals surface area contributed by atoms with E-state index in [-0.39, 0.29) is 23.5 Å². The molecule has 8 nitrogen and oxygen atoms in total. The first kappa shape index (κ1) is 25.2. The fourth-order valence-corrected chi connectivity index (χ4v) is 5.17. The Kier molecular flexibility index (Phi) is 8.84. The van der Waals surface area contributed by atoms with E-state index in [1.165, 1.54) is 64.6 Å². The van der Waals surface area contributed by atoms with E-state index in [1.807, 2.05) is 6.26 Å². The summed E-state index contributed by atoms with van der Waals surface area (Å²) in [4.78, 5) is 25.7. The Hall–Kier alpha value is -2.47. The molecule has 1 heterocycles. The van der Waals surface area contributed by atoms with Crippen molar-refractivity contribution in [2.24, 2.45) is 0 Å². The first-order chi connectivity index (χ1) is 15.8. The normalized spacial score (nSPS) is 15.6. The molecular formula is C22H26FN3O5S2. The van der Waals surface area contributed by atoms with E-state index in [1.54, 1.807) is 0 Å². The summed E-state index contributed by atoms with van der Waals surface area (Å²) in [6.45, 7) is 1.14. The van der Waals surface area contributed by atoms with Crippen LogP contribution in [0.5, 0.6) is 0 Å². The molecule has 0 aliphatic carbocycles. The van der Waals surface area contributed by atoms with Crippen molar-refractivity contribution >= 4 is 39.3 Å². The van der Waals surface area contributed by atoms with Gasteiger partial charge in [-0.15, -0.1) is 0 Å². The van der Waals surface area contributed by atoms with Gasteiger partial charge in [0.15, 0.2) is 0 Å². The van der Waals surface area contributed by atoms with Gasteiger partial charge in [-0.3, -0.25) is 9.59 Å². The topological polar surface area (TPSA) is 105 Å². The van der Waals surface area contributed by atoms with E-state index >= 15 is 0 Å². The van der Waals surface area contributed by atoms with Crippen LogP contribution >= 0.6 is 11.8 Å². The van der Waals surface area contributed by atoms with Gasteiger partial charge in [-0.2, -0.15) is 16.1 Å². The lowest BCUT2D eigenvalue weighted by molar-refractivity contribution is -0.118. The number of ether oxygens (including phenoxy) is 1. The lowest BCUT2D eigenvalue weighted by atomic mass is 10.1. The van der Waals surface area contributed by atoms with E-state index in [2.05, 4.69) is 10.6 Å². The highest BCUT2D eigenvalue weighted by Crippen LogP contribution is 2.19. The number of hydrogen-bond donors (Lipinski definition) is 2. The van der Waals surface area contributed by atoms with Crippen LogP contribution in [0, 0.1) is 5.82 Å². The van der Waals surface area contributed by atoms with Gasteiger partial charge in [0.1, 0.15) is 11.9 Å². The number of carbonyl (C=O) groups is 2. The average Bonchev–Trinajstić information content (AvgIpc) is 2.83. The van der Waals surface area contributed by atoms with Crippen molar-refractivity contribution in [3.63, 3.8) is 0 Å². The lowest BCUT2D eigenvalue weighted by Gasteiger charge is -2.26. The number of carbonyl (C=O) groups excluding carboxylic acids is 2. The summed E-state index contributed by atoms with van der Waals surface area (Å²) in [5.41, 5.74) is 0.538. The van der Waals surface area contributed by atoms with Crippen molar-refractivity contribution in [2.45, 2.75) is 17.4 Å². The molecule has 2 aromatic rings. The molecule has 3 rings (SSSR count). The number of hydrogen-bond acceptors (Lipinski definition) is 6. The summed E-state index contributed by atoms with van der Waals surface area (Å²) in [5, 5.41) is 5.36. The fourth-order valence-electron chi connectivity index (χ4n) is 3.24. The molecule has 11 heteroatoms. The molecule has 0 unspecified atom stereocenters. The smallest absolute Gasteiger partial charge is 0.251 e. The van der Waals surface area contributed by atoms with E-state index in [4.69, 9.17) is 4.74 Å². The number of amides is 2. The van der Waals surface area contributed by atoms with Crippen molar-refractivity contribution in [1.29, 1.82) is 0 Å². The number of thioether (sulfide) groups is 1. The Morgan fingerprint density at radius 1 is 1.15 bits per heavy atom. The van der Waals surface area contributed by atoms with Gasteiger partial charge in [0, 0.05) is 24.3 Å². The summed E-state index contributed by atoms with van der Waals surface area (Å²) in [5.74, 6) is -0.810. The molecule has 2 N–H and O–H groups in total. The van der Waals surface area contributed by atoms with E-state index in [9.17, 15) is 22.4 Å². The lowest BCUT2D eigenvalue weighted by Crippen LogP contribution is -2.44. The third-order valence-corrected chi connectivity index (χ3v) is 7.59. The van der Waals surface area contributed by atoms with Gasteiger partial charge in [0.05, 0.1) is 18.1 Å². The number of sulfonamides is 1. The Morgan fingerprint density at radius 2 is 1.85 bits per heavy atom. The van der Waals surface area contributed by atoms with Gasteiger partial charge < -0.3 is 15.4 Å². The number of nitrogens with one attached hydrogen (secondary N) is 2. The summed E-state index contributed by atoms with van der Waals surface area (Å²) >= 11 is 1.52. The zero-order valence-electron chi connectivity index (χ0n) is 18.1. The van der Waals surface area contributed by atoms with Gasteiger partial charge in [-0.1, -0.05) is 6.07 Å². The number of nitrogens with zero attached hydrogens (tertiary/aromatic N) is 1. The van der Waals surface area contributed by atoms with Gasteiger partial charge in [-0.05, 0) is 60.9 Å². The second kappa shape index (κ2) is 11.6. The second-order valence-electron chi connectivity index (χ2n) is 7.35. The third kappa shape index (κ3) is 6.76.